The number of imide groups is 1. The molecule has 3 heteroatoms. The molecule has 1 fully saturated rings. The van der Waals surface area contributed by atoms with Crippen molar-refractivity contribution >= 4 is 17.5 Å². The van der Waals surface area contributed by atoms with E-state index in [9.17, 15) is 9.59 Å². The summed E-state index contributed by atoms with van der Waals surface area (Å²) in [6.45, 7) is 3.90. The Kier molecular flexibility index (Phi) is 2.54. The van der Waals surface area contributed by atoms with Crippen molar-refractivity contribution in [2.45, 2.75) is 26.7 Å². The number of carbonyl (C=O) groups excluding carboxylic acids is 2. The van der Waals surface area contributed by atoms with Gasteiger partial charge in [-0.1, -0.05) is 32.0 Å². The average molecular weight is 217 g/mol. The number of nitrogens with zero attached hydrogens (tertiary/aromatic N) is 1. The van der Waals surface area contributed by atoms with Crippen LogP contribution in [0, 0.1) is 5.41 Å². The van der Waals surface area contributed by atoms with E-state index in [1.165, 1.54) is 4.90 Å². The second-order valence-corrected chi connectivity index (χ2v) is 4.98. The molecule has 0 spiro atoms. The standard InChI is InChI=1S/C13H15NO2/c1-13(2)8-11(15)14(12(16)9-13)10-6-4-3-5-7-10/h3-7H,8-9H2,1-2H3. The van der Waals surface area contributed by atoms with Crippen molar-refractivity contribution in [3.8, 4) is 0 Å². The second-order valence-electron chi connectivity index (χ2n) is 4.98. The number of benzene rings is 1. The summed E-state index contributed by atoms with van der Waals surface area (Å²) in [5.41, 5.74) is 0.465. The molecule has 0 unspecified atom stereocenters. The highest BCUT2D eigenvalue weighted by Gasteiger charge is 2.37. The predicted octanol–water partition coefficient (Wildman–Crippen LogP) is 2.37. The van der Waals surface area contributed by atoms with E-state index >= 15 is 0 Å². The van der Waals surface area contributed by atoms with Crippen LogP contribution in [0.1, 0.15) is 26.7 Å². The largest absolute Gasteiger partial charge is 0.274 e. The Hall–Kier alpha value is -1.64. The molecule has 1 heterocycles. The van der Waals surface area contributed by atoms with Crippen molar-refractivity contribution in [3.05, 3.63) is 30.3 Å². The minimum Gasteiger partial charge on any atom is -0.274 e. The molecule has 0 aliphatic carbocycles. The van der Waals surface area contributed by atoms with E-state index < -0.39 is 0 Å². The molecular formula is C13H15NO2. The summed E-state index contributed by atoms with van der Waals surface area (Å²) in [4.78, 5) is 25.1. The molecule has 84 valence electrons. The average Bonchev–Trinajstić information content (AvgIpc) is 2.16. The topological polar surface area (TPSA) is 37.4 Å². The number of carbonyl (C=O) groups is 2. The third-order valence-corrected chi connectivity index (χ3v) is 2.77. The maximum Gasteiger partial charge on any atom is 0.234 e. The first-order valence-corrected chi connectivity index (χ1v) is 5.40. The van der Waals surface area contributed by atoms with Crippen LogP contribution in [0.4, 0.5) is 5.69 Å². The summed E-state index contributed by atoms with van der Waals surface area (Å²) in [6, 6.07) is 9.10. The highest BCUT2D eigenvalue weighted by Crippen LogP contribution is 2.33. The Morgan fingerprint density at radius 1 is 1.00 bits per heavy atom. The normalized spacial score (nSPS) is 20.0. The van der Waals surface area contributed by atoms with Gasteiger partial charge in [0, 0.05) is 12.8 Å². The smallest absolute Gasteiger partial charge is 0.234 e. The number of hydrogen-bond acceptors (Lipinski definition) is 2. The fraction of sp³-hybridized carbons (Fsp3) is 0.385. The highest BCUT2D eigenvalue weighted by molar-refractivity contribution is 6.16. The molecule has 0 atom stereocenters. The molecule has 0 radical (unpaired) electrons. The van der Waals surface area contributed by atoms with Crippen molar-refractivity contribution in [1.82, 2.24) is 0 Å². The zero-order chi connectivity index (χ0) is 11.8. The summed E-state index contributed by atoms with van der Waals surface area (Å²) in [6.07, 6.45) is 0.848. The van der Waals surface area contributed by atoms with Crippen LogP contribution >= 0.6 is 0 Å². The number of piperidine rings is 1. The van der Waals surface area contributed by atoms with E-state index in [1.54, 1.807) is 12.1 Å². The first-order valence-electron chi connectivity index (χ1n) is 5.40. The van der Waals surface area contributed by atoms with E-state index in [-0.39, 0.29) is 17.2 Å². The van der Waals surface area contributed by atoms with Gasteiger partial charge in [0.05, 0.1) is 5.69 Å². The van der Waals surface area contributed by atoms with Crippen molar-refractivity contribution in [1.29, 1.82) is 0 Å². The molecule has 16 heavy (non-hydrogen) atoms. The quantitative estimate of drug-likeness (QED) is 0.677. The molecule has 2 rings (SSSR count). The third kappa shape index (κ3) is 1.98. The number of rotatable bonds is 1. The maximum atomic E-state index is 11.9. The van der Waals surface area contributed by atoms with Crippen molar-refractivity contribution in [3.63, 3.8) is 0 Å². The summed E-state index contributed by atoms with van der Waals surface area (Å²) < 4.78 is 0. The number of amides is 2. The number of para-hydroxylation sites is 1. The minimum absolute atomic E-state index is 0.104. The van der Waals surface area contributed by atoms with Gasteiger partial charge in [-0.05, 0) is 17.5 Å². The second kappa shape index (κ2) is 3.74. The van der Waals surface area contributed by atoms with Crippen molar-refractivity contribution in [2.75, 3.05) is 4.90 Å². The summed E-state index contributed by atoms with van der Waals surface area (Å²) in [7, 11) is 0. The van der Waals surface area contributed by atoms with Gasteiger partial charge in [0.15, 0.2) is 0 Å². The van der Waals surface area contributed by atoms with Crippen molar-refractivity contribution in [2.24, 2.45) is 5.41 Å². The van der Waals surface area contributed by atoms with E-state index in [4.69, 9.17) is 0 Å². The van der Waals surface area contributed by atoms with Crippen LogP contribution < -0.4 is 4.90 Å². The van der Waals surface area contributed by atoms with E-state index in [0.717, 1.165) is 0 Å². The number of anilines is 1. The van der Waals surface area contributed by atoms with Gasteiger partial charge in [-0.3, -0.25) is 14.5 Å². The van der Waals surface area contributed by atoms with Crippen LogP contribution in [0.15, 0.2) is 30.3 Å². The fourth-order valence-electron chi connectivity index (χ4n) is 2.04. The fourth-order valence-corrected chi connectivity index (χ4v) is 2.04. The molecule has 0 bridgehead atoms. The van der Waals surface area contributed by atoms with E-state index in [2.05, 4.69) is 0 Å². The Bertz CT molecular complexity index is 403. The Morgan fingerprint density at radius 2 is 1.50 bits per heavy atom. The molecule has 0 N–H and O–H groups in total. The summed E-state index contributed by atoms with van der Waals surface area (Å²) in [5, 5.41) is 0. The van der Waals surface area contributed by atoms with Gasteiger partial charge in [0.1, 0.15) is 0 Å². The lowest BCUT2D eigenvalue weighted by molar-refractivity contribution is -0.132. The maximum absolute atomic E-state index is 11.9. The Balaban J connectivity index is 2.31. The molecule has 1 saturated heterocycles. The predicted molar refractivity (Wildman–Crippen MR) is 62.0 cm³/mol. The van der Waals surface area contributed by atoms with Gasteiger partial charge in [-0.15, -0.1) is 0 Å². The molecule has 1 aromatic carbocycles. The summed E-state index contributed by atoms with van der Waals surface area (Å²) >= 11 is 0. The van der Waals surface area contributed by atoms with Gasteiger partial charge in [0.2, 0.25) is 11.8 Å². The molecule has 1 aliphatic rings. The molecular weight excluding hydrogens is 202 g/mol. The first kappa shape index (κ1) is 10.9. The lowest BCUT2D eigenvalue weighted by Crippen LogP contribution is -2.46. The van der Waals surface area contributed by atoms with Crippen LogP contribution in [0.2, 0.25) is 0 Å². The minimum atomic E-state index is -0.209. The zero-order valence-electron chi connectivity index (χ0n) is 9.56. The van der Waals surface area contributed by atoms with Crippen LogP contribution in [0.25, 0.3) is 0 Å². The first-order chi connectivity index (χ1) is 7.49. The number of hydrogen-bond donors (Lipinski definition) is 0. The van der Waals surface area contributed by atoms with Crippen LogP contribution in [-0.4, -0.2) is 11.8 Å². The van der Waals surface area contributed by atoms with Gasteiger partial charge in [-0.2, -0.15) is 0 Å². The molecule has 0 saturated carbocycles. The monoisotopic (exact) mass is 217 g/mol. The van der Waals surface area contributed by atoms with Crippen LogP contribution in [0.5, 0.6) is 0 Å². The zero-order valence-corrected chi connectivity index (χ0v) is 9.56. The Labute approximate surface area is 95.1 Å². The van der Waals surface area contributed by atoms with Crippen molar-refractivity contribution < 1.29 is 9.59 Å². The van der Waals surface area contributed by atoms with Gasteiger partial charge >= 0.3 is 0 Å². The lowest BCUT2D eigenvalue weighted by Gasteiger charge is -2.34. The molecule has 3 nitrogen and oxygen atoms in total. The van der Waals surface area contributed by atoms with E-state index in [0.29, 0.717) is 18.5 Å². The van der Waals surface area contributed by atoms with Gasteiger partial charge in [-0.25, -0.2) is 0 Å². The van der Waals surface area contributed by atoms with Gasteiger partial charge < -0.3 is 0 Å². The molecule has 1 aromatic rings. The highest BCUT2D eigenvalue weighted by atomic mass is 16.2. The Morgan fingerprint density at radius 3 is 2.00 bits per heavy atom. The summed E-state index contributed by atoms with van der Waals surface area (Å²) in [5.74, 6) is -0.208. The molecule has 0 aromatic heterocycles. The van der Waals surface area contributed by atoms with Crippen LogP contribution in [0.3, 0.4) is 0 Å². The molecule has 1 aliphatic heterocycles. The van der Waals surface area contributed by atoms with Crippen LogP contribution in [-0.2, 0) is 9.59 Å². The van der Waals surface area contributed by atoms with Gasteiger partial charge in [0.25, 0.3) is 0 Å². The van der Waals surface area contributed by atoms with E-state index in [1.807, 2.05) is 32.0 Å². The third-order valence-electron chi connectivity index (χ3n) is 2.77. The lowest BCUT2D eigenvalue weighted by atomic mass is 9.81. The molecule has 2 amide bonds. The SMILES string of the molecule is CC1(C)CC(=O)N(c2ccccc2)C(=O)C1.